The van der Waals surface area contributed by atoms with Gasteiger partial charge in [0.05, 0.1) is 11.6 Å². The number of allylic oxidation sites excluding steroid dienone is 3. The zero-order valence-corrected chi connectivity index (χ0v) is 10.8. The normalized spacial score (nSPS) is 25.7. The minimum absolute atomic E-state index is 0.0522. The first-order valence-corrected chi connectivity index (χ1v) is 6.49. The van der Waals surface area contributed by atoms with Gasteiger partial charge in [-0.15, -0.1) is 0 Å². The number of aromatic nitrogens is 1. The number of aryl methyl sites for hydroxylation is 1. The Hall–Kier alpha value is -2.22. The molecule has 0 radical (unpaired) electrons. The van der Waals surface area contributed by atoms with Crippen molar-refractivity contribution in [2.24, 2.45) is 11.7 Å². The molecule has 3 rings (SSSR count). The predicted octanol–water partition coefficient (Wildman–Crippen LogP) is 2.54. The van der Waals surface area contributed by atoms with E-state index in [0.29, 0.717) is 29.1 Å². The van der Waals surface area contributed by atoms with Crippen molar-refractivity contribution in [3.05, 3.63) is 35.1 Å². The Kier molecular flexibility index (Phi) is 2.79. The molecule has 0 aromatic carbocycles. The van der Waals surface area contributed by atoms with Crippen molar-refractivity contribution >= 4 is 5.88 Å². The number of fused-ring (bicyclic) bond motifs is 1. The first-order valence-electron chi connectivity index (χ1n) is 6.49. The number of hydrogen-bond acceptors (Lipinski definition) is 5. The van der Waals surface area contributed by atoms with E-state index in [1.165, 1.54) is 0 Å². The van der Waals surface area contributed by atoms with Gasteiger partial charge >= 0.3 is 0 Å². The summed E-state index contributed by atoms with van der Waals surface area (Å²) in [6.07, 6.45) is 7.40. The summed E-state index contributed by atoms with van der Waals surface area (Å²) < 4.78 is 5.53. The molecule has 1 aromatic heterocycles. The second-order valence-corrected chi connectivity index (χ2v) is 5.03. The van der Waals surface area contributed by atoms with Crippen LogP contribution in [0.1, 0.15) is 36.8 Å². The van der Waals surface area contributed by atoms with E-state index in [0.717, 1.165) is 25.0 Å². The highest BCUT2D eigenvalue weighted by atomic mass is 16.4. The number of nitriles is 1. The van der Waals surface area contributed by atoms with Gasteiger partial charge in [0, 0.05) is 12.8 Å². The monoisotopic (exact) mass is 256 g/mol. The summed E-state index contributed by atoms with van der Waals surface area (Å²) in [6, 6.07) is 2.24. The smallest absolute Gasteiger partial charge is 0.223 e. The van der Waals surface area contributed by atoms with Gasteiger partial charge in [-0.1, -0.05) is 12.2 Å². The van der Waals surface area contributed by atoms with E-state index < -0.39 is 0 Å². The van der Waals surface area contributed by atoms with Crippen molar-refractivity contribution in [1.29, 1.82) is 5.26 Å². The molecule has 5 heteroatoms. The van der Waals surface area contributed by atoms with Crippen LogP contribution in [0.25, 0.3) is 0 Å². The SMILES string of the molecule is Cc1nc2c(o1)NC(N)=C(C#N)[C@@H]2[C@H]1CC=CCC1. The van der Waals surface area contributed by atoms with Crippen LogP contribution < -0.4 is 11.1 Å². The molecular weight excluding hydrogens is 240 g/mol. The van der Waals surface area contributed by atoms with Gasteiger partial charge in [-0.2, -0.15) is 5.26 Å². The maximum Gasteiger partial charge on any atom is 0.223 e. The molecular formula is C14H16N4O. The number of nitrogens with two attached hydrogens (primary N) is 1. The summed E-state index contributed by atoms with van der Waals surface area (Å²) in [7, 11) is 0. The van der Waals surface area contributed by atoms with Crippen molar-refractivity contribution in [1.82, 2.24) is 4.98 Å². The molecule has 0 amide bonds. The number of nitrogens with zero attached hydrogens (tertiary/aromatic N) is 2. The van der Waals surface area contributed by atoms with Crippen LogP contribution in [0.2, 0.25) is 0 Å². The largest absolute Gasteiger partial charge is 0.425 e. The lowest BCUT2D eigenvalue weighted by Gasteiger charge is -2.30. The Morgan fingerprint density at radius 3 is 3.05 bits per heavy atom. The van der Waals surface area contributed by atoms with Crippen LogP contribution >= 0.6 is 0 Å². The standard InChI is InChI=1S/C14H16N4O/c1-8-17-12-11(9-5-3-2-4-6-9)10(7-15)13(16)18-14(12)19-8/h2-3,9,11,18H,4-6,16H2,1H3/t9-,11-/m0/s1. The quantitative estimate of drug-likeness (QED) is 0.754. The molecule has 1 aliphatic carbocycles. The molecule has 0 saturated carbocycles. The van der Waals surface area contributed by atoms with Gasteiger partial charge in [0.1, 0.15) is 11.5 Å². The van der Waals surface area contributed by atoms with Crippen molar-refractivity contribution in [2.45, 2.75) is 32.1 Å². The zero-order valence-electron chi connectivity index (χ0n) is 10.8. The fourth-order valence-corrected chi connectivity index (χ4v) is 2.95. The van der Waals surface area contributed by atoms with Crippen LogP contribution in [-0.4, -0.2) is 4.98 Å². The molecule has 0 fully saturated rings. The van der Waals surface area contributed by atoms with Gasteiger partial charge < -0.3 is 15.5 Å². The van der Waals surface area contributed by atoms with Gasteiger partial charge in [-0.3, -0.25) is 0 Å². The van der Waals surface area contributed by atoms with E-state index in [1.807, 2.05) is 0 Å². The third kappa shape index (κ3) is 1.89. The van der Waals surface area contributed by atoms with Crippen LogP contribution in [0, 0.1) is 24.2 Å². The van der Waals surface area contributed by atoms with Crippen LogP contribution in [0.15, 0.2) is 28.0 Å². The second-order valence-electron chi connectivity index (χ2n) is 5.03. The number of hydrogen-bond donors (Lipinski definition) is 2. The molecule has 0 spiro atoms. The maximum absolute atomic E-state index is 9.39. The summed E-state index contributed by atoms with van der Waals surface area (Å²) in [5.41, 5.74) is 7.36. The van der Waals surface area contributed by atoms with Gasteiger partial charge in [0.2, 0.25) is 5.88 Å². The lowest BCUT2D eigenvalue weighted by atomic mass is 9.76. The summed E-state index contributed by atoms with van der Waals surface area (Å²) in [5, 5.41) is 12.3. The van der Waals surface area contributed by atoms with E-state index >= 15 is 0 Å². The van der Waals surface area contributed by atoms with Crippen LogP contribution in [0.4, 0.5) is 5.88 Å². The average Bonchev–Trinajstić information content (AvgIpc) is 2.77. The Balaban J connectivity index is 2.07. The molecule has 2 aliphatic rings. The zero-order chi connectivity index (χ0) is 13.4. The summed E-state index contributed by atoms with van der Waals surface area (Å²) >= 11 is 0. The minimum Gasteiger partial charge on any atom is -0.425 e. The van der Waals surface area contributed by atoms with E-state index in [9.17, 15) is 5.26 Å². The van der Waals surface area contributed by atoms with E-state index in [2.05, 4.69) is 28.5 Å². The van der Waals surface area contributed by atoms with Gasteiger partial charge in [0.25, 0.3) is 0 Å². The van der Waals surface area contributed by atoms with E-state index in [4.69, 9.17) is 10.2 Å². The van der Waals surface area contributed by atoms with Crippen LogP contribution in [0.5, 0.6) is 0 Å². The summed E-state index contributed by atoms with van der Waals surface area (Å²) in [5.74, 6) is 1.90. The second kappa shape index (κ2) is 4.47. The highest BCUT2D eigenvalue weighted by Crippen LogP contribution is 2.44. The third-order valence-electron chi connectivity index (χ3n) is 3.81. The van der Waals surface area contributed by atoms with Gasteiger partial charge in [0.15, 0.2) is 5.89 Å². The highest BCUT2D eigenvalue weighted by molar-refractivity contribution is 5.57. The number of oxazole rings is 1. The third-order valence-corrected chi connectivity index (χ3v) is 3.81. The molecule has 0 bridgehead atoms. The Labute approximate surface area is 111 Å². The molecule has 19 heavy (non-hydrogen) atoms. The Morgan fingerprint density at radius 2 is 2.37 bits per heavy atom. The highest BCUT2D eigenvalue weighted by Gasteiger charge is 2.37. The molecule has 0 unspecified atom stereocenters. The average molecular weight is 256 g/mol. The fraction of sp³-hybridized carbons (Fsp3) is 0.429. The van der Waals surface area contributed by atoms with Crippen molar-refractivity contribution < 1.29 is 4.42 Å². The number of rotatable bonds is 1. The van der Waals surface area contributed by atoms with Crippen molar-refractivity contribution in [3.63, 3.8) is 0 Å². The molecule has 0 saturated heterocycles. The lowest BCUT2D eigenvalue weighted by molar-refractivity contribution is 0.418. The Morgan fingerprint density at radius 1 is 1.53 bits per heavy atom. The topological polar surface area (TPSA) is 87.9 Å². The lowest BCUT2D eigenvalue weighted by Crippen LogP contribution is -2.27. The van der Waals surface area contributed by atoms with Crippen molar-refractivity contribution in [3.8, 4) is 6.07 Å². The summed E-state index contributed by atoms with van der Waals surface area (Å²) in [4.78, 5) is 4.45. The molecule has 5 nitrogen and oxygen atoms in total. The molecule has 1 aliphatic heterocycles. The molecule has 98 valence electrons. The summed E-state index contributed by atoms with van der Waals surface area (Å²) in [6.45, 7) is 1.81. The van der Waals surface area contributed by atoms with E-state index in [-0.39, 0.29) is 5.92 Å². The minimum atomic E-state index is -0.0522. The number of anilines is 1. The fourth-order valence-electron chi connectivity index (χ4n) is 2.95. The van der Waals surface area contributed by atoms with Gasteiger partial charge in [-0.05, 0) is 25.2 Å². The van der Waals surface area contributed by atoms with E-state index in [1.54, 1.807) is 6.92 Å². The van der Waals surface area contributed by atoms with Gasteiger partial charge in [-0.25, -0.2) is 4.98 Å². The van der Waals surface area contributed by atoms with Crippen LogP contribution in [-0.2, 0) is 0 Å². The predicted molar refractivity (Wildman–Crippen MR) is 70.9 cm³/mol. The number of nitrogens with one attached hydrogen (secondary N) is 1. The molecule has 2 atom stereocenters. The Bertz CT molecular complexity index is 605. The van der Waals surface area contributed by atoms with Crippen molar-refractivity contribution in [2.75, 3.05) is 5.32 Å². The maximum atomic E-state index is 9.39. The van der Waals surface area contributed by atoms with Crippen LogP contribution in [0.3, 0.4) is 0 Å². The molecule has 1 aromatic rings. The first kappa shape index (κ1) is 11.8. The first-order chi connectivity index (χ1) is 9.20. The molecule has 3 N–H and O–H groups in total. The molecule has 2 heterocycles.